The molecule has 1 aliphatic rings. The summed E-state index contributed by atoms with van der Waals surface area (Å²) in [4.78, 5) is 4.72. The highest BCUT2D eigenvalue weighted by molar-refractivity contribution is 7.91. The second-order valence-electron chi connectivity index (χ2n) is 6.49. The van der Waals surface area contributed by atoms with Gasteiger partial charge < -0.3 is 5.32 Å². The normalized spacial score (nSPS) is 14.7. The molecule has 27 heavy (non-hydrogen) atoms. The molecule has 0 bridgehead atoms. The third-order valence-corrected chi connectivity index (χ3v) is 6.40. The fourth-order valence-corrected chi connectivity index (χ4v) is 4.41. The zero-order chi connectivity index (χ0) is 18.6. The van der Waals surface area contributed by atoms with Crippen LogP contribution >= 0.6 is 11.6 Å². The first-order valence-corrected chi connectivity index (χ1v) is 10.3. The Bertz CT molecular complexity index is 1280. The molecule has 136 valence electrons. The van der Waals surface area contributed by atoms with Crippen LogP contribution in [0.25, 0.3) is 16.6 Å². The summed E-state index contributed by atoms with van der Waals surface area (Å²) in [6.45, 7) is 0. The van der Waals surface area contributed by atoms with Gasteiger partial charge in [-0.05, 0) is 43.2 Å². The number of hydrogen-bond donors (Lipinski definition) is 1. The summed E-state index contributed by atoms with van der Waals surface area (Å²) in [7, 11) is -3.84. The number of sulfone groups is 1. The van der Waals surface area contributed by atoms with E-state index >= 15 is 0 Å². The molecule has 0 aliphatic heterocycles. The van der Waals surface area contributed by atoms with E-state index in [1.54, 1.807) is 36.4 Å². The Labute approximate surface area is 159 Å². The van der Waals surface area contributed by atoms with Gasteiger partial charge in [0.2, 0.25) is 14.9 Å². The number of anilines is 1. The van der Waals surface area contributed by atoms with E-state index in [0.29, 0.717) is 22.4 Å². The average molecular weight is 400 g/mol. The molecule has 0 atom stereocenters. The number of rotatable bonds is 4. The summed E-state index contributed by atoms with van der Waals surface area (Å²) in [5, 5.41) is 12.5. The molecule has 2 aromatic carbocycles. The number of benzene rings is 2. The molecule has 9 heteroatoms. The first-order valence-electron chi connectivity index (χ1n) is 8.45. The van der Waals surface area contributed by atoms with Crippen LogP contribution in [0.15, 0.2) is 58.5 Å². The molecule has 2 aromatic heterocycles. The maximum atomic E-state index is 13.0. The Morgan fingerprint density at radius 3 is 2.63 bits per heavy atom. The van der Waals surface area contributed by atoms with Gasteiger partial charge in [0.1, 0.15) is 5.82 Å². The molecule has 4 aromatic rings. The molecule has 1 aliphatic carbocycles. The van der Waals surface area contributed by atoms with Crippen LogP contribution in [0, 0.1) is 0 Å². The highest BCUT2D eigenvalue weighted by atomic mass is 35.5. The summed E-state index contributed by atoms with van der Waals surface area (Å²) < 4.78 is 27.5. The van der Waals surface area contributed by atoms with E-state index in [2.05, 4.69) is 20.6 Å². The topological polar surface area (TPSA) is 89.2 Å². The smallest absolute Gasteiger partial charge is 0.229 e. The Morgan fingerprint density at radius 2 is 1.89 bits per heavy atom. The van der Waals surface area contributed by atoms with Gasteiger partial charge in [0.05, 0.1) is 10.4 Å². The van der Waals surface area contributed by atoms with Crippen molar-refractivity contribution in [2.24, 2.45) is 0 Å². The Balaban J connectivity index is 1.80. The van der Waals surface area contributed by atoms with Crippen molar-refractivity contribution in [1.82, 2.24) is 19.8 Å². The maximum Gasteiger partial charge on any atom is 0.229 e. The molecule has 2 heterocycles. The van der Waals surface area contributed by atoms with Gasteiger partial charge >= 0.3 is 0 Å². The van der Waals surface area contributed by atoms with E-state index < -0.39 is 9.84 Å². The van der Waals surface area contributed by atoms with Crippen LogP contribution in [0.4, 0.5) is 5.82 Å². The van der Waals surface area contributed by atoms with Gasteiger partial charge in [-0.2, -0.15) is 4.52 Å². The number of halogens is 1. The predicted octanol–water partition coefficient (Wildman–Crippen LogP) is 3.34. The molecule has 0 unspecified atom stereocenters. The molecule has 0 spiro atoms. The van der Waals surface area contributed by atoms with Gasteiger partial charge in [-0.15, -0.1) is 5.10 Å². The molecule has 0 saturated heterocycles. The van der Waals surface area contributed by atoms with Crippen molar-refractivity contribution in [2.75, 3.05) is 5.32 Å². The SMILES string of the molecule is O=S(=O)(c1ccccc1)c1nnn2c1nc(NC1CC1)c1cc(Cl)ccc12. The second-order valence-corrected chi connectivity index (χ2v) is 8.79. The largest absolute Gasteiger partial charge is 0.367 e. The van der Waals surface area contributed by atoms with Gasteiger partial charge in [-0.3, -0.25) is 0 Å². The van der Waals surface area contributed by atoms with E-state index in [0.717, 1.165) is 18.2 Å². The molecular formula is C18H14ClN5O2S. The van der Waals surface area contributed by atoms with Gasteiger partial charge in [0.15, 0.2) is 5.65 Å². The minimum absolute atomic E-state index is 0.155. The number of nitrogens with zero attached hydrogens (tertiary/aromatic N) is 4. The van der Waals surface area contributed by atoms with E-state index in [1.807, 2.05) is 0 Å². The third kappa shape index (κ3) is 2.72. The molecule has 1 N–H and O–H groups in total. The minimum atomic E-state index is -3.84. The molecule has 0 amide bonds. The van der Waals surface area contributed by atoms with Crippen molar-refractivity contribution in [2.45, 2.75) is 28.8 Å². The van der Waals surface area contributed by atoms with Crippen LogP contribution in [-0.2, 0) is 9.84 Å². The summed E-state index contributed by atoms with van der Waals surface area (Å²) in [5.41, 5.74) is 0.881. The summed E-state index contributed by atoms with van der Waals surface area (Å²) in [6, 6.07) is 13.8. The van der Waals surface area contributed by atoms with Gasteiger partial charge in [0.25, 0.3) is 0 Å². The van der Waals surface area contributed by atoms with Crippen molar-refractivity contribution < 1.29 is 8.42 Å². The van der Waals surface area contributed by atoms with Crippen molar-refractivity contribution in [3.05, 3.63) is 53.6 Å². The number of aromatic nitrogens is 4. The lowest BCUT2D eigenvalue weighted by Crippen LogP contribution is -2.08. The Morgan fingerprint density at radius 1 is 1.11 bits per heavy atom. The highest BCUT2D eigenvalue weighted by Gasteiger charge is 2.28. The van der Waals surface area contributed by atoms with Crippen LogP contribution in [0.1, 0.15) is 12.8 Å². The van der Waals surface area contributed by atoms with E-state index in [9.17, 15) is 8.42 Å². The predicted molar refractivity (Wildman–Crippen MR) is 102 cm³/mol. The monoisotopic (exact) mass is 399 g/mol. The van der Waals surface area contributed by atoms with Crippen molar-refractivity contribution >= 4 is 43.8 Å². The molecule has 1 fully saturated rings. The van der Waals surface area contributed by atoms with Crippen LogP contribution in [0.2, 0.25) is 5.02 Å². The lowest BCUT2D eigenvalue weighted by molar-refractivity contribution is 0.592. The third-order valence-electron chi connectivity index (χ3n) is 4.50. The molecule has 7 nitrogen and oxygen atoms in total. The van der Waals surface area contributed by atoms with Crippen molar-refractivity contribution in [1.29, 1.82) is 0 Å². The van der Waals surface area contributed by atoms with Gasteiger partial charge in [-0.1, -0.05) is 35.0 Å². The standard InChI is InChI=1S/C18H14ClN5O2S/c19-11-6-9-15-14(10-11)16(20-12-7-8-12)21-17-18(22-23-24(15)17)27(25,26)13-4-2-1-3-5-13/h1-6,9-10,12H,7-8H2,(H,20,21). The van der Waals surface area contributed by atoms with Crippen LogP contribution < -0.4 is 5.32 Å². The second kappa shape index (κ2) is 5.90. The quantitative estimate of drug-likeness (QED) is 0.566. The highest BCUT2D eigenvalue weighted by Crippen LogP contribution is 2.32. The fourth-order valence-electron chi connectivity index (χ4n) is 2.99. The van der Waals surface area contributed by atoms with E-state index in [1.165, 1.54) is 16.6 Å². The number of hydrogen-bond acceptors (Lipinski definition) is 6. The molecular weight excluding hydrogens is 386 g/mol. The van der Waals surface area contributed by atoms with E-state index in [4.69, 9.17) is 11.6 Å². The van der Waals surface area contributed by atoms with Gasteiger partial charge in [0, 0.05) is 16.5 Å². The summed E-state index contributed by atoms with van der Waals surface area (Å²) in [5.74, 6) is 0.592. The number of nitrogens with one attached hydrogen (secondary N) is 1. The lowest BCUT2D eigenvalue weighted by atomic mass is 10.2. The van der Waals surface area contributed by atoms with E-state index in [-0.39, 0.29) is 15.6 Å². The molecule has 0 radical (unpaired) electrons. The lowest BCUT2D eigenvalue weighted by Gasteiger charge is -2.10. The Hall–Kier alpha value is -2.71. The zero-order valence-electron chi connectivity index (χ0n) is 14.0. The van der Waals surface area contributed by atoms with Crippen LogP contribution in [0.3, 0.4) is 0 Å². The maximum absolute atomic E-state index is 13.0. The van der Waals surface area contributed by atoms with Crippen molar-refractivity contribution in [3.63, 3.8) is 0 Å². The fraction of sp³-hybridized carbons (Fsp3) is 0.167. The average Bonchev–Trinajstić information content (AvgIpc) is 3.38. The summed E-state index contributed by atoms with van der Waals surface area (Å²) >= 11 is 6.16. The van der Waals surface area contributed by atoms with Crippen LogP contribution in [-0.4, -0.2) is 34.3 Å². The van der Waals surface area contributed by atoms with Crippen LogP contribution in [0.5, 0.6) is 0 Å². The first-order chi connectivity index (χ1) is 13.0. The summed E-state index contributed by atoms with van der Waals surface area (Å²) in [6.07, 6.45) is 2.11. The minimum Gasteiger partial charge on any atom is -0.367 e. The van der Waals surface area contributed by atoms with Crippen molar-refractivity contribution in [3.8, 4) is 0 Å². The zero-order valence-corrected chi connectivity index (χ0v) is 15.6. The molecule has 5 rings (SSSR count). The number of fused-ring (bicyclic) bond motifs is 3. The molecule has 1 saturated carbocycles. The van der Waals surface area contributed by atoms with Gasteiger partial charge in [-0.25, -0.2) is 13.4 Å². The Kier molecular flexibility index (Phi) is 3.60. The first kappa shape index (κ1) is 16.5.